The molecule has 0 fully saturated rings. The molecular weight excluding hydrogens is 399 g/mol. The van der Waals surface area contributed by atoms with Gasteiger partial charge in [0.1, 0.15) is 0 Å². The Balaban J connectivity index is 1.60. The van der Waals surface area contributed by atoms with E-state index in [0.717, 1.165) is 22.0 Å². The third-order valence-corrected chi connectivity index (χ3v) is 4.76. The van der Waals surface area contributed by atoms with Gasteiger partial charge in [0.05, 0.1) is 21.2 Å². The first-order valence-corrected chi connectivity index (χ1v) is 9.14. The van der Waals surface area contributed by atoms with Gasteiger partial charge in [-0.05, 0) is 30.7 Å². The number of hydrogen-bond donors (Lipinski definition) is 1. The van der Waals surface area contributed by atoms with E-state index in [1.54, 1.807) is 31.3 Å². The zero-order valence-corrected chi connectivity index (χ0v) is 16.4. The number of esters is 1. The predicted octanol–water partition coefficient (Wildman–Crippen LogP) is 5.05. The van der Waals surface area contributed by atoms with Crippen LogP contribution in [0.5, 0.6) is 0 Å². The van der Waals surface area contributed by atoms with Crippen molar-refractivity contribution in [1.29, 1.82) is 0 Å². The summed E-state index contributed by atoms with van der Waals surface area (Å²) < 4.78 is 4.98. The first-order valence-electron chi connectivity index (χ1n) is 8.39. The van der Waals surface area contributed by atoms with Crippen LogP contribution in [-0.4, -0.2) is 23.5 Å². The number of aromatic nitrogens is 1. The smallest absolute Gasteiger partial charge is 0.331 e. The van der Waals surface area contributed by atoms with Gasteiger partial charge < -0.3 is 10.1 Å². The Labute approximate surface area is 171 Å². The molecule has 0 aliphatic carbocycles. The number of halogens is 2. The molecule has 3 aromatic rings. The van der Waals surface area contributed by atoms with Crippen molar-refractivity contribution >= 4 is 57.7 Å². The summed E-state index contributed by atoms with van der Waals surface area (Å²) in [4.78, 5) is 28.3. The average molecular weight is 415 g/mol. The highest BCUT2D eigenvalue weighted by molar-refractivity contribution is 6.40. The Hall–Kier alpha value is -2.89. The molecule has 1 amide bonds. The minimum Gasteiger partial charge on any atom is -0.452 e. The van der Waals surface area contributed by atoms with Gasteiger partial charge in [0.2, 0.25) is 0 Å². The number of benzene rings is 2. The molecule has 1 aromatic heterocycles. The van der Waals surface area contributed by atoms with E-state index in [0.29, 0.717) is 15.7 Å². The average Bonchev–Trinajstić information content (AvgIpc) is 2.71. The van der Waals surface area contributed by atoms with Gasteiger partial charge in [0.25, 0.3) is 5.91 Å². The number of anilines is 1. The van der Waals surface area contributed by atoms with Crippen molar-refractivity contribution in [2.75, 3.05) is 11.9 Å². The topological polar surface area (TPSA) is 68.3 Å². The molecule has 28 heavy (non-hydrogen) atoms. The molecule has 0 unspecified atom stereocenters. The normalized spacial score (nSPS) is 11.0. The molecule has 142 valence electrons. The van der Waals surface area contributed by atoms with Crippen LogP contribution >= 0.6 is 23.2 Å². The molecule has 0 atom stereocenters. The number of fused-ring (bicyclic) bond motifs is 1. The van der Waals surface area contributed by atoms with Gasteiger partial charge in [0, 0.05) is 23.2 Å². The largest absolute Gasteiger partial charge is 0.452 e. The van der Waals surface area contributed by atoms with Crippen LogP contribution in [0.4, 0.5) is 5.69 Å². The Kier molecular flexibility index (Phi) is 6.29. The fourth-order valence-corrected chi connectivity index (χ4v) is 3.02. The fourth-order valence-electron chi connectivity index (χ4n) is 2.55. The van der Waals surface area contributed by atoms with Crippen LogP contribution in [0, 0.1) is 6.92 Å². The monoisotopic (exact) mass is 414 g/mol. The first-order chi connectivity index (χ1) is 13.5. The lowest BCUT2D eigenvalue weighted by Gasteiger charge is -2.11. The molecule has 1 N–H and O–H groups in total. The van der Waals surface area contributed by atoms with E-state index < -0.39 is 18.5 Å². The minimum atomic E-state index is -0.649. The second-order valence-electron chi connectivity index (χ2n) is 5.96. The number of hydrogen-bond acceptors (Lipinski definition) is 4. The van der Waals surface area contributed by atoms with E-state index in [1.165, 1.54) is 6.08 Å². The van der Waals surface area contributed by atoms with Crippen LogP contribution in [0.3, 0.4) is 0 Å². The number of carbonyl (C=O) groups is 2. The summed E-state index contributed by atoms with van der Waals surface area (Å²) in [5, 5.41) is 4.17. The van der Waals surface area contributed by atoms with Crippen LogP contribution in [-0.2, 0) is 14.3 Å². The Morgan fingerprint density at radius 1 is 1.14 bits per heavy atom. The number of carbonyl (C=O) groups excluding carboxylic acids is 2. The number of amides is 1. The summed E-state index contributed by atoms with van der Waals surface area (Å²) in [5.74, 6) is -1.19. The maximum Gasteiger partial charge on any atom is 0.331 e. The third-order valence-electron chi connectivity index (χ3n) is 3.96. The van der Waals surface area contributed by atoms with E-state index in [2.05, 4.69) is 10.3 Å². The van der Waals surface area contributed by atoms with Crippen molar-refractivity contribution in [2.45, 2.75) is 6.92 Å². The highest BCUT2D eigenvalue weighted by Crippen LogP contribution is 2.32. The van der Waals surface area contributed by atoms with E-state index in [1.807, 2.05) is 30.3 Å². The highest BCUT2D eigenvalue weighted by Gasteiger charge is 2.13. The Morgan fingerprint density at radius 2 is 1.93 bits per heavy atom. The van der Waals surface area contributed by atoms with Crippen molar-refractivity contribution in [3.8, 4) is 0 Å². The van der Waals surface area contributed by atoms with Crippen molar-refractivity contribution in [1.82, 2.24) is 4.98 Å². The summed E-state index contributed by atoms with van der Waals surface area (Å²) in [5.41, 5.74) is 2.61. The predicted molar refractivity (Wildman–Crippen MR) is 112 cm³/mol. The lowest BCUT2D eigenvalue weighted by molar-refractivity contribution is -0.142. The molecule has 0 aliphatic heterocycles. The van der Waals surface area contributed by atoms with Crippen molar-refractivity contribution in [3.63, 3.8) is 0 Å². The van der Waals surface area contributed by atoms with E-state index >= 15 is 0 Å². The molecular formula is C21H16Cl2N2O3. The standard InChI is InChI=1S/C21H16Cl2N2O3/c1-13-7-9-16(22)21(19(13)23)25-17(26)12-28-18(27)10-8-15-5-2-4-14-6-3-11-24-20(14)15/h2-11H,12H2,1H3,(H,25,26)/b10-8-. The highest BCUT2D eigenvalue weighted by atomic mass is 35.5. The van der Waals surface area contributed by atoms with Gasteiger partial charge in [0.15, 0.2) is 6.61 Å². The summed E-state index contributed by atoms with van der Waals surface area (Å²) in [6.07, 6.45) is 4.54. The molecule has 1 heterocycles. The molecule has 0 aliphatic rings. The maximum absolute atomic E-state index is 12.0. The van der Waals surface area contributed by atoms with Gasteiger partial charge in [-0.15, -0.1) is 0 Å². The lowest BCUT2D eigenvalue weighted by atomic mass is 10.1. The van der Waals surface area contributed by atoms with Gasteiger partial charge in [-0.3, -0.25) is 9.78 Å². The van der Waals surface area contributed by atoms with Gasteiger partial charge in [-0.1, -0.05) is 53.5 Å². The molecule has 3 rings (SSSR count). The van der Waals surface area contributed by atoms with Crippen molar-refractivity contribution in [3.05, 3.63) is 75.9 Å². The van der Waals surface area contributed by atoms with Gasteiger partial charge >= 0.3 is 5.97 Å². The summed E-state index contributed by atoms with van der Waals surface area (Å²) in [7, 11) is 0. The minimum absolute atomic E-state index is 0.293. The van der Waals surface area contributed by atoms with Gasteiger partial charge in [-0.25, -0.2) is 4.79 Å². The summed E-state index contributed by atoms with van der Waals surface area (Å²) >= 11 is 12.2. The number of nitrogens with one attached hydrogen (secondary N) is 1. The molecule has 0 saturated carbocycles. The maximum atomic E-state index is 12.0. The molecule has 5 nitrogen and oxygen atoms in total. The second kappa shape index (κ2) is 8.87. The zero-order chi connectivity index (χ0) is 20.1. The third kappa shape index (κ3) is 4.68. The zero-order valence-electron chi connectivity index (χ0n) is 14.9. The van der Waals surface area contributed by atoms with Crippen LogP contribution < -0.4 is 5.32 Å². The second-order valence-corrected chi connectivity index (χ2v) is 6.75. The molecule has 0 saturated heterocycles. The lowest BCUT2D eigenvalue weighted by Crippen LogP contribution is -2.20. The van der Waals surface area contributed by atoms with Crippen LogP contribution in [0.15, 0.2) is 54.7 Å². The van der Waals surface area contributed by atoms with Gasteiger partial charge in [-0.2, -0.15) is 0 Å². The number of para-hydroxylation sites is 1. The Morgan fingerprint density at radius 3 is 2.75 bits per heavy atom. The Bertz CT molecular complexity index is 1080. The van der Waals surface area contributed by atoms with Crippen molar-refractivity contribution < 1.29 is 14.3 Å². The summed E-state index contributed by atoms with van der Waals surface area (Å²) in [6.45, 7) is 1.33. The molecule has 7 heteroatoms. The summed E-state index contributed by atoms with van der Waals surface area (Å²) in [6, 6.07) is 12.8. The quantitative estimate of drug-likeness (QED) is 0.468. The van der Waals surface area contributed by atoms with Crippen LogP contribution in [0.25, 0.3) is 17.0 Å². The number of ether oxygens (including phenoxy) is 1. The molecule has 0 bridgehead atoms. The molecule has 0 spiro atoms. The number of rotatable bonds is 5. The first kappa shape index (κ1) is 19.9. The molecule has 0 radical (unpaired) electrons. The van der Waals surface area contributed by atoms with Crippen LogP contribution in [0.1, 0.15) is 11.1 Å². The SMILES string of the molecule is Cc1ccc(Cl)c(NC(=O)COC(=O)/C=C\c2cccc3cccnc23)c1Cl. The number of pyridine rings is 1. The number of nitrogens with zero attached hydrogens (tertiary/aromatic N) is 1. The number of aryl methyl sites for hydroxylation is 1. The van der Waals surface area contributed by atoms with E-state index in [9.17, 15) is 9.59 Å². The van der Waals surface area contributed by atoms with Crippen LogP contribution in [0.2, 0.25) is 10.0 Å². The molecule has 2 aromatic carbocycles. The van der Waals surface area contributed by atoms with Crippen molar-refractivity contribution in [2.24, 2.45) is 0 Å². The fraction of sp³-hybridized carbons (Fsp3) is 0.0952. The van der Waals surface area contributed by atoms with E-state index in [4.69, 9.17) is 27.9 Å². The van der Waals surface area contributed by atoms with E-state index in [-0.39, 0.29) is 0 Å².